The van der Waals surface area contributed by atoms with Crippen molar-refractivity contribution in [3.63, 3.8) is 0 Å². The predicted octanol–water partition coefficient (Wildman–Crippen LogP) is 0.636. The fraction of sp³-hybridized carbons (Fsp3) is 0.824. The maximum atomic E-state index is 5.12. The Hall–Kier alpha value is -1.67. The highest BCUT2D eigenvalue weighted by Gasteiger charge is 2.22. The van der Waals surface area contributed by atoms with E-state index in [1.54, 1.807) is 7.11 Å². The number of nitrogens with zero attached hydrogens (tertiary/aromatic N) is 5. The Morgan fingerprint density at radius 2 is 2.20 bits per heavy atom. The van der Waals surface area contributed by atoms with Gasteiger partial charge in [-0.1, -0.05) is 13.8 Å². The molecule has 0 fully saturated rings. The average molecular weight is 351 g/mol. The summed E-state index contributed by atoms with van der Waals surface area (Å²) in [6.07, 6.45) is 3.07. The number of guanidine groups is 1. The van der Waals surface area contributed by atoms with E-state index in [9.17, 15) is 0 Å². The van der Waals surface area contributed by atoms with Gasteiger partial charge in [0.15, 0.2) is 11.8 Å². The molecule has 1 aromatic heterocycles. The molecule has 2 N–H and O–H groups in total. The third-order valence-corrected chi connectivity index (χ3v) is 4.58. The van der Waals surface area contributed by atoms with Crippen molar-refractivity contribution in [2.45, 2.75) is 52.3 Å². The lowest BCUT2D eigenvalue weighted by Gasteiger charge is -2.25. The molecule has 25 heavy (non-hydrogen) atoms. The second-order valence-corrected chi connectivity index (χ2v) is 6.32. The van der Waals surface area contributed by atoms with Crippen molar-refractivity contribution in [3.8, 4) is 0 Å². The van der Waals surface area contributed by atoms with Crippen LogP contribution in [0.1, 0.15) is 38.3 Å². The lowest BCUT2D eigenvalue weighted by molar-refractivity contribution is 0.177. The Balaban J connectivity index is 1.76. The first kappa shape index (κ1) is 19.7. The molecule has 1 aliphatic rings. The zero-order chi connectivity index (χ0) is 18.1. The fourth-order valence-corrected chi connectivity index (χ4v) is 3.11. The van der Waals surface area contributed by atoms with Crippen molar-refractivity contribution in [2.75, 3.05) is 40.3 Å². The van der Waals surface area contributed by atoms with Gasteiger partial charge in [0.25, 0.3) is 0 Å². The van der Waals surface area contributed by atoms with Gasteiger partial charge in [-0.15, -0.1) is 0 Å². The van der Waals surface area contributed by atoms with Gasteiger partial charge in [-0.05, 0) is 32.5 Å². The van der Waals surface area contributed by atoms with Crippen molar-refractivity contribution in [2.24, 2.45) is 4.99 Å². The van der Waals surface area contributed by atoms with Crippen LogP contribution in [0.4, 0.5) is 0 Å². The molecule has 0 saturated heterocycles. The molecule has 2 heterocycles. The monoisotopic (exact) mass is 351 g/mol. The minimum absolute atomic E-state index is 0.318. The van der Waals surface area contributed by atoms with E-state index < -0.39 is 0 Å². The second-order valence-electron chi connectivity index (χ2n) is 6.32. The Morgan fingerprint density at radius 1 is 1.40 bits per heavy atom. The number of aryl methyl sites for hydroxylation is 1. The molecule has 0 aromatic carbocycles. The van der Waals surface area contributed by atoms with E-state index in [0.29, 0.717) is 12.6 Å². The normalized spacial score (nSPS) is 17.6. The molecule has 8 nitrogen and oxygen atoms in total. The van der Waals surface area contributed by atoms with Gasteiger partial charge in [-0.25, -0.2) is 9.67 Å². The summed E-state index contributed by atoms with van der Waals surface area (Å²) in [6, 6.07) is 0.318. The highest BCUT2D eigenvalue weighted by molar-refractivity contribution is 5.79. The van der Waals surface area contributed by atoms with Crippen molar-refractivity contribution >= 4 is 5.96 Å². The molecule has 1 unspecified atom stereocenters. The molecule has 2 rings (SSSR count). The molecule has 1 aliphatic heterocycles. The number of hydrogen-bond donors (Lipinski definition) is 2. The lowest BCUT2D eigenvalue weighted by Crippen LogP contribution is -2.47. The van der Waals surface area contributed by atoms with Crippen LogP contribution in [0.15, 0.2) is 4.99 Å². The van der Waals surface area contributed by atoms with Crippen LogP contribution in [0.5, 0.6) is 0 Å². The van der Waals surface area contributed by atoms with E-state index in [-0.39, 0.29) is 0 Å². The van der Waals surface area contributed by atoms with Gasteiger partial charge in [-0.2, -0.15) is 5.10 Å². The van der Waals surface area contributed by atoms with Crippen molar-refractivity contribution in [1.82, 2.24) is 30.3 Å². The van der Waals surface area contributed by atoms with Crippen LogP contribution in [0.2, 0.25) is 0 Å². The third-order valence-electron chi connectivity index (χ3n) is 4.58. The number of hydrogen-bond acceptors (Lipinski definition) is 5. The smallest absolute Gasteiger partial charge is 0.191 e. The first-order valence-corrected chi connectivity index (χ1v) is 9.31. The van der Waals surface area contributed by atoms with Gasteiger partial charge in [0.2, 0.25) is 0 Å². The summed E-state index contributed by atoms with van der Waals surface area (Å²) in [6.45, 7) is 9.95. The van der Waals surface area contributed by atoms with Gasteiger partial charge in [0.1, 0.15) is 12.4 Å². The van der Waals surface area contributed by atoms with E-state index in [1.165, 1.54) is 0 Å². The molecule has 0 spiro atoms. The number of rotatable bonds is 9. The first-order chi connectivity index (χ1) is 12.2. The third kappa shape index (κ3) is 5.97. The topological polar surface area (TPSA) is 79.6 Å². The van der Waals surface area contributed by atoms with E-state index >= 15 is 0 Å². The van der Waals surface area contributed by atoms with Gasteiger partial charge in [-0.3, -0.25) is 4.99 Å². The molecule has 142 valence electrons. The van der Waals surface area contributed by atoms with Gasteiger partial charge >= 0.3 is 0 Å². The summed E-state index contributed by atoms with van der Waals surface area (Å²) in [5, 5.41) is 11.4. The number of nitrogens with one attached hydrogen (secondary N) is 2. The standard InChI is InChI=1S/C17H33N7O/c1-5-23(6-2)11-7-10-19-17(18-3)20-14-8-9-16-21-15(13-25-4)22-24(16)12-14/h14H,5-13H2,1-4H3,(H2,18,19,20). The molecule has 0 aliphatic carbocycles. The summed E-state index contributed by atoms with van der Waals surface area (Å²) in [7, 11) is 3.49. The van der Waals surface area contributed by atoms with Gasteiger partial charge < -0.3 is 20.3 Å². The summed E-state index contributed by atoms with van der Waals surface area (Å²) in [5.74, 6) is 2.68. The summed E-state index contributed by atoms with van der Waals surface area (Å²) < 4.78 is 7.10. The van der Waals surface area contributed by atoms with Crippen molar-refractivity contribution in [3.05, 3.63) is 11.6 Å². The predicted molar refractivity (Wildman–Crippen MR) is 99.7 cm³/mol. The lowest BCUT2D eigenvalue weighted by atomic mass is 10.1. The zero-order valence-corrected chi connectivity index (χ0v) is 16.1. The zero-order valence-electron chi connectivity index (χ0n) is 16.1. The Kier molecular flexibility index (Phi) is 8.14. The van der Waals surface area contributed by atoms with Crippen molar-refractivity contribution < 1.29 is 4.74 Å². The van der Waals surface area contributed by atoms with Crippen LogP contribution in [0.25, 0.3) is 0 Å². The van der Waals surface area contributed by atoms with E-state index in [0.717, 1.165) is 69.6 Å². The van der Waals surface area contributed by atoms with Crippen LogP contribution in [-0.4, -0.2) is 72.0 Å². The van der Waals surface area contributed by atoms with E-state index in [4.69, 9.17) is 4.74 Å². The highest BCUT2D eigenvalue weighted by atomic mass is 16.5. The quantitative estimate of drug-likeness (QED) is 0.386. The number of methoxy groups -OCH3 is 1. The SMILES string of the molecule is CCN(CC)CCCNC(=NC)NC1CCc2nc(COC)nn2C1. The largest absolute Gasteiger partial charge is 0.377 e. The molecule has 0 amide bonds. The maximum absolute atomic E-state index is 5.12. The minimum Gasteiger partial charge on any atom is -0.377 e. The summed E-state index contributed by atoms with van der Waals surface area (Å²) in [4.78, 5) is 11.3. The van der Waals surface area contributed by atoms with Crippen LogP contribution >= 0.6 is 0 Å². The van der Waals surface area contributed by atoms with E-state index in [1.807, 2.05) is 11.7 Å². The van der Waals surface area contributed by atoms with Crippen LogP contribution in [0, 0.1) is 0 Å². The fourth-order valence-electron chi connectivity index (χ4n) is 3.11. The molecule has 0 bridgehead atoms. The molecular weight excluding hydrogens is 318 g/mol. The summed E-state index contributed by atoms with van der Waals surface area (Å²) in [5.41, 5.74) is 0. The molecule has 1 aromatic rings. The van der Waals surface area contributed by atoms with Crippen LogP contribution in [-0.2, 0) is 24.3 Å². The number of aromatic nitrogens is 3. The molecule has 8 heteroatoms. The second kappa shape index (κ2) is 10.4. The Labute approximate surface area is 151 Å². The van der Waals surface area contributed by atoms with Gasteiger partial charge in [0, 0.05) is 33.2 Å². The number of fused-ring (bicyclic) bond motifs is 1. The van der Waals surface area contributed by atoms with Gasteiger partial charge in [0.05, 0.1) is 6.54 Å². The van der Waals surface area contributed by atoms with Crippen LogP contribution < -0.4 is 10.6 Å². The van der Waals surface area contributed by atoms with Crippen LogP contribution in [0.3, 0.4) is 0 Å². The molecule has 1 atom stereocenters. The molecule has 0 saturated carbocycles. The summed E-state index contributed by atoms with van der Waals surface area (Å²) >= 11 is 0. The molecular formula is C17H33N7O. The van der Waals surface area contributed by atoms with E-state index in [2.05, 4.69) is 44.5 Å². The average Bonchev–Trinajstić information content (AvgIpc) is 3.02. The van der Waals surface area contributed by atoms with Crippen molar-refractivity contribution in [1.29, 1.82) is 0 Å². The first-order valence-electron chi connectivity index (χ1n) is 9.31. The number of aliphatic imine (C=N–C) groups is 1. The highest BCUT2D eigenvalue weighted by Crippen LogP contribution is 2.13. The Morgan fingerprint density at radius 3 is 2.88 bits per heavy atom. The Bertz CT molecular complexity index is 539. The minimum atomic E-state index is 0.318. The number of ether oxygens (including phenoxy) is 1. The maximum Gasteiger partial charge on any atom is 0.191 e. The molecule has 0 radical (unpaired) electrons.